The Hall–Kier alpha value is -1.28. The smallest absolute Gasteiger partial charge is 0.137 e. The van der Waals surface area contributed by atoms with E-state index in [1.807, 2.05) is 6.26 Å². The number of rotatable bonds is 5. The van der Waals surface area contributed by atoms with Crippen LogP contribution in [0.2, 0.25) is 0 Å². The average Bonchev–Trinajstić information content (AvgIpc) is 2.79. The first kappa shape index (κ1) is 16.1. The van der Waals surface area contributed by atoms with Crippen LogP contribution < -0.4 is 5.32 Å². The van der Waals surface area contributed by atoms with E-state index in [9.17, 15) is 0 Å². The van der Waals surface area contributed by atoms with Crippen LogP contribution >= 0.6 is 0 Å². The van der Waals surface area contributed by atoms with E-state index in [1.54, 1.807) is 0 Å². The minimum atomic E-state index is 0.106. The van der Waals surface area contributed by atoms with Gasteiger partial charge in [-0.3, -0.25) is 0 Å². The molecule has 1 aromatic heterocycles. The van der Waals surface area contributed by atoms with Crippen molar-refractivity contribution in [3.63, 3.8) is 0 Å². The van der Waals surface area contributed by atoms with Crippen LogP contribution in [0, 0.1) is 0 Å². The van der Waals surface area contributed by atoms with Gasteiger partial charge >= 0.3 is 0 Å². The van der Waals surface area contributed by atoms with Gasteiger partial charge in [0.05, 0.1) is 6.26 Å². The molecule has 0 saturated carbocycles. The molecule has 0 radical (unpaired) electrons. The molecule has 1 aromatic carbocycles. The Morgan fingerprint density at radius 1 is 1.19 bits per heavy atom. The highest BCUT2D eigenvalue weighted by Crippen LogP contribution is 2.34. The number of aryl methyl sites for hydroxylation is 1. The van der Waals surface area contributed by atoms with Gasteiger partial charge in [-0.1, -0.05) is 47.6 Å². The zero-order valence-electron chi connectivity index (χ0n) is 14.3. The Morgan fingerprint density at radius 2 is 1.90 bits per heavy atom. The van der Waals surface area contributed by atoms with Crippen molar-refractivity contribution in [1.29, 1.82) is 0 Å². The molecule has 2 heteroatoms. The van der Waals surface area contributed by atoms with Gasteiger partial charge in [-0.25, -0.2) is 0 Å². The van der Waals surface area contributed by atoms with Gasteiger partial charge in [0.2, 0.25) is 0 Å². The zero-order valence-corrected chi connectivity index (χ0v) is 14.3. The SMILES string of the molecule is CCc1cc(C(C)(C)C)c2occ(CCNC(C)C)c2c1. The van der Waals surface area contributed by atoms with Crippen molar-refractivity contribution in [3.8, 4) is 0 Å². The Bertz CT molecular complexity index is 602. The van der Waals surface area contributed by atoms with Crippen molar-refractivity contribution in [2.75, 3.05) is 6.54 Å². The van der Waals surface area contributed by atoms with E-state index in [0.29, 0.717) is 6.04 Å². The third kappa shape index (κ3) is 3.68. The molecule has 0 aliphatic carbocycles. The first-order chi connectivity index (χ1) is 9.82. The number of hydrogen-bond acceptors (Lipinski definition) is 2. The van der Waals surface area contributed by atoms with Crippen molar-refractivity contribution in [3.05, 3.63) is 35.1 Å². The first-order valence-corrected chi connectivity index (χ1v) is 8.09. The minimum Gasteiger partial charge on any atom is -0.464 e. The molecule has 21 heavy (non-hydrogen) atoms. The van der Waals surface area contributed by atoms with Crippen LogP contribution in [0.4, 0.5) is 0 Å². The summed E-state index contributed by atoms with van der Waals surface area (Å²) in [5, 5.41) is 4.78. The lowest BCUT2D eigenvalue weighted by Gasteiger charge is -2.20. The summed E-state index contributed by atoms with van der Waals surface area (Å²) in [6.07, 6.45) is 4.02. The van der Waals surface area contributed by atoms with Gasteiger partial charge in [-0.2, -0.15) is 0 Å². The second kappa shape index (κ2) is 6.23. The summed E-state index contributed by atoms with van der Waals surface area (Å²) in [7, 11) is 0. The number of fused-ring (bicyclic) bond motifs is 1. The average molecular weight is 287 g/mol. The van der Waals surface area contributed by atoms with Gasteiger partial charge in [0.25, 0.3) is 0 Å². The lowest BCUT2D eigenvalue weighted by Crippen LogP contribution is -2.24. The molecule has 0 aliphatic heterocycles. The van der Waals surface area contributed by atoms with Crippen LogP contribution in [0.3, 0.4) is 0 Å². The number of benzene rings is 1. The standard InChI is InChI=1S/C19H29NO/c1-7-14-10-16-15(8-9-20-13(2)3)12-21-18(16)17(11-14)19(4,5)6/h10-13,20H,7-9H2,1-6H3. The Kier molecular flexibility index (Phi) is 4.77. The summed E-state index contributed by atoms with van der Waals surface area (Å²) >= 11 is 0. The molecular formula is C19H29NO. The zero-order chi connectivity index (χ0) is 15.6. The second-order valence-corrected chi connectivity index (χ2v) is 7.24. The minimum absolute atomic E-state index is 0.106. The van der Waals surface area contributed by atoms with Gasteiger partial charge in [0, 0.05) is 17.0 Å². The van der Waals surface area contributed by atoms with E-state index >= 15 is 0 Å². The lowest BCUT2D eigenvalue weighted by molar-refractivity contribution is 0.554. The number of furan rings is 1. The maximum absolute atomic E-state index is 5.94. The first-order valence-electron chi connectivity index (χ1n) is 8.09. The van der Waals surface area contributed by atoms with Gasteiger partial charge < -0.3 is 9.73 Å². The number of hydrogen-bond donors (Lipinski definition) is 1. The molecular weight excluding hydrogens is 258 g/mol. The van der Waals surface area contributed by atoms with E-state index in [2.05, 4.69) is 59.0 Å². The summed E-state index contributed by atoms with van der Waals surface area (Å²) in [5.41, 5.74) is 5.21. The van der Waals surface area contributed by atoms with E-state index < -0.39 is 0 Å². The predicted molar refractivity (Wildman–Crippen MR) is 91.1 cm³/mol. The van der Waals surface area contributed by atoms with Crippen LogP contribution in [-0.4, -0.2) is 12.6 Å². The molecule has 0 bridgehead atoms. The Labute approximate surface area is 128 Å². The quantitative estimate of drug-likeness (QED) is 0.851. The molecule has 0 fully saturated rings. The highest BCUT2D eigenvalue weighted by atomic mass is 16.3. The Morgan fingerprint density at radius 3 is 2.48 bits per heavy atom. The fourth-order valence-electron chi connectivity index (χ4n) is 2.70. The van der Waals surface area contributed by atoms with Crippen LogP contribution in [0.15, 0.2) is 22.8 Å². The summed E-state index contributed by atoms with van der Waals surface area (Å²) < 4.78 is 5.94. The molecule has 2 nitrogen and oxygen atoms in total. The predicted octanol–water partition coefficient (Wildman–Crippen LogP) is 4.83. The highest BCUT2D eigenvalue weighted by molar-refractivity contribution is 5.85. The van der Waals surface area contributed by atoms with Gasteiger partial charge in [-0.05, 0) is 42.0 Å². The molecule has 0 spiro atoms. The normalized spacial score (nSPS) is 12.5. The molecule has 0 saturated heterocycles. The van der Waals surface area contributed by atoms with Crippen molar-refractivity contribution in [2.45, 2.75) is 65.8 Å². The third-order valence-electron chi connectivity index (χ3n) is 3.98. The van der Waals surface area contributed by atoms with E-state index in [0.717, 1.165) is 25.0 Å². The molecule has 1 heterocycles. The van der Waals surface area contributed by atoms with E-state index in [-0.39, 0.29) is 5.41 Å². The van der Waals surface area contributed by atoms with Crippen molar-refractivity contribution in [2.24, 2.45) is 0 Å². The van der Waals surface area contributed by atoms with Crippen LogP contribution in [0.5, 0.6) is 0 Å². The largest absolute Gasteiger partial charge is 0.464 e. The monoisotopic (exact) mass is 287 g/mol. The third-order valence-corrected chi connectivity index (χ3v) is 3.98. The molecule has 116 valence electrons. The fourth-order valence-corrected chi connectivity index (χ4v) is 2.70. The van der Waals surface area contributed by atoms with Crippen LogP contribution in [-0.2, 0) is 18.3 Å². The van der Waals surface area contributed by atoms with Crippen LogP contribution in [0.1, 0.15) is 58.2 Å². The highest BCUT2D eigenvalue weighted by Gasteiger charge is 2.21. The summed E-state index contributed by atoms with van der Waals surface area (Å²) in [5.74, 6) is 0. The van der Waals surface area contributed by atoms with Crippen molar-refractivity contribution < 1.29 is 4.42 Å². The molecule has 0 unspecified atom stereocenters. The molecule has 0 amide bonds. The van der Waals surface area contributed by atoms with E-state index in [4.69, 9.17) is 4.42 Å². The van der Waals surface area contributed by atoms with Gasteiger partial charge in [0.1, 0.15) is 5.58 Å². The fraction of sp³-hybridized carbons (Fsp3) is 0.579. The van der Waals surface area contributed by atoms with Crippen LogP contribution in [0.25, 0.3) is 11.0 Å². The maximum Gasteiger partial charge on any atom is 0.137 e. The number of nitrogens with one attached hydrogen (secondary N) is 1. The van der Waals surface area contributed by atoms with E-state index in [1.165, 1.54) is 22.1 Å². The van der Waals surface area contributed by atoms with Gasteiger partial charge in [0.15, 0.2) is 0 Å². The molecule has 2 aromatic rings. The molecule has 0 aliphatic rings. The molecule has 0 atom stereocenters. The van der Waals surface area contributed by atoms with Gasteiger partial charge in [-0.15, -0.1) is 0 Å². The second-order valence-electron chi connectivity index (χ2n) is 7.24. The lowest BCUT2D eigenvalue weighted by atomic mass is 9.84. The van der Waals surface area contributed by atoms with Crippen molar-refractivity contribution in [1.82, 2.24) is 5.32 Å². The maximum atomic E-state index is 5.94. The topological polar surface area (TPSA) is 25.2 Å². The summed E-state index contributed by atoms with van der Waals surface area (Å²) in [6.45, 7) is 14.3. The molecule has 1 N–H and O–H groups in total. The molecule has 2 rings (SSSR count). The summed E-state index contributed by atoms with van der Waals surface area (Å²) in [6, 6.07) is 5.14. The van der Waals surface area contributed by atoms with Crippen molar-refractivity contribution >= 4 is 11.0 Å². The Balaban J connectivity index is 2.41. The summed E-state index contributed by atoms with van der Waals surface area (Å²) in [4.78, 5) is 0.